The van der Waals surface area contributed by atoms with Gasteiger partial charge in [-0.15, -0.1) is 0 Å². The van der Waals surface area contributed by atoms with Crippen molar-refractivity contribution in [2.45, 2.75) is 97.8 Å². The minimum absolute atomic E-state index is 0.141. The molecule has 3 atom stereocenters. The van der Waals surface area contributed by atoms with Gasteiger partial charge in [-0.05, 0) is 166 Å². The van der Waals surface area contributed by atoms with Gasteiger partial charge in [0.25, 0.3) is 0 Å². The summed E-state index contributed by atoms with van der Waals surface area (Å²) < 4.78 is 0. The van der Waals surface area contributed by atoms with Gasteiger partial charge in [0.2, 0.25) is 0 Å². The Morgan fingerprint density at radius 1 is 0.680 bits per heavy atom. The van der Waals surface area contributed by atoms with E-state index in [1.165, 1.54) is 90.5 Å². The number of hydrogen-bond donors (Lipinski definition) is 0. The summed E-state index contributed by atoms with van der Waals surface area (Å²) in [5, 5.41) is 13.2. The molecule has 0 spiro atoms. The molecule has 0 aromatic heterocycles. The van der Waals surface area contributed by atoms with Crippen LogP contribution < -0.4 is 15.7 Å². The summed E-state index contributed by atoms with van der Waals surface area (Å²) in [5.74, 6) is 1.89. The Labute approximate surface area is 297 Å². The Hall–Kier alpha value is -4.16. The second-order valence-corrected chi connectivity index (χ2v) is 18.4. The maximum Gasteiger partial charge on any atom is -0.00298 e. The molecule has 50 heavy (non-hydrogen) atoms. The summed E-state index contributed by atoms with van der Waals surface area (Å²) in [6, 6.07) is 24.2. The smallest absolute Gasteiger partial charge is 0.00298 e. The number of allylic oxidation sites excluding steroid dienone is 6. The predicted molar refractivity (Wildman–Crippen MR) is 216 cm³/mol. The number of hydrogen-bond acceptors (Lipinski definition) is 0. The van der Waals surface area contributed by atoms with E-state index in [1.807, 2.05) is 0 Å². The number of aryl methyl sites for hydroxylation is 1. The topological polar surface area (TPSA) is 0 Å². The van der Waals surface area contributed by atoms with Crippen LogP contribution in [0.5, 0.6) is 0 Å². The van der Waals surface area contributed by atoms with Crippen LogP contribution in [-0.4, -0.2) is 0 Å². The van der Waals surface area contributed by atoms with E-state index < -0.39 is 0 Å². The lowest BCUT2D eigenvalue weighted by Crippen LogP contribution is -2.33. The maximum atomic E-state index is 2.61. The highest BCUT2D eigenvalue weighted by Crippen LogP contribution is 2.45. The average molecular weight is 651 g/mol. The van der Waals surface area contributed by atoms with Gasteiger partial charge in [0.15, 0.2) is 0 Å². The first-order valence-corrected chi connectivity index (χ1v) is 19.4. The molecule has 5 aliphatic carbocycles. The van der Waals surface area contributed by atoms with Crippen molar-refractivity contribution in [3.05, 3.63) is 128 Å². The molecule has 5 aliphatic rings. The molecular weight excluding hydrogens is 601 g/mol. The SMILES string of the molecule is CC(C)(C)c1cc2ccc3c4c(ccc(c1)c24)=C(C1=CC2=CC=C(c4ccc5ccc6c7c5c4=CCC7CC(C(C)(C)C)C=6)CC2CC1)CC3. The van der Waals surface area contributed by atoms with Gasteiger partial charge >= 0.3 is 0 Å². The molecule has 0 heterocycles. The molecule has 0 amide bonds. The third-order valence-corrected chi connectivity index (χ3v) is 13.4. The molecule has 0 N–H and O–H groups in total. The van der Waals surface area contributed by atoms with Crippen molar-refractivity contribution in [2.75, 3.05) is 0 Å². The van der Waals surface area contributed by atoms with E-state index in [1.54, 1.807) is 27.7 Å². The third-order valence-electron chi connectivity index (χ3n) is 13.4. The highest BCUT2D eigenvalue weighted by atomic mass is 14.4. The molecule has 0 saturated heterocycles. The van der Waals surface area contributed by atoms with E-state index in [-0.39, 0.29) is 5.41 Å². The normalized spacial score (nSPS) is 22.9. The second kappa shape index (κ2) is 10.7. The molecule has 10 rings (SSSR count). The van der Waals surface area contributed by atoms with Gasteiger partial charge < -0.3 is 0 Å². The van der Waals surface area contributed by atoms with Crippen molar-refractivity contribution in [3.8, 4) is 0 Å². The van der Waals surface area contributed by atoms with Gasteiger partial charge in [-0.2, -0.15) is 0 Å². The molecule has 5 aromatic rings. The van der Waals surface area contributed by atoms with Gasteiger partial charge in [-0.25, -0.2) is 0 Å². The summed E-state index contributed by atoms with van der Waals surface area (Å²) in [6.45, 7) is 14.2. The Kier molecular flexibility index (Phi) is 6.54. The maximum absolute atomic E-state index is 2.61. The van der Waals surface area contributed by atoms with Gasteiger partial charge in [0.1, 0.15) is 0 Å². The van der Waals surface area contributed by atoms with Crippen molar-refractivity contribution in [3.63, 3.8) is 0 Å². The van der Waals surface area contributed by atoms with Crippen LogP contribution in [0.2, 0.25) is 0 Å². The lowest BCUT2D eigenvalue weighted by molar-refractivity contribution is 0.274. The lowest BCUT2D eigenvalue weighted by atomic mass is 9.68. The highest BCUT2D eigenvalue weighted by molar-refractivity contribution is 6.13. The number of rotatable bonds is 2. The van der Waals surface area contributed by atoms with Crippen LogP contribution in [0.15, 0.2) is 90.0 Å². The van der Waals surface area contributed by atoms with Crippen LogP contribution in [0.3, 0.4) is 0 Å². The van der Waals surface area contributed by atoms with Crippen molar-refractivity contribution in [2.24, 2.45) is 17.3 Å². The monoisotopic (exact) mass is 650 g/mol. The fourth-order valence-electron chi connectivity index (χ4n) is 10.5. The van der Waals surface area contributed by atoms with Gasteiger partial charge in [-0.1, -0.05) is 133 Å². The molecule has 3 unspecified atom stereocenters. The first kappa shape index (κ1) is 30.6. The third kappa shape index (κ3) is 4.63. The average Bonchev–Trinajstić information content (AvgIpc) is 3.11. The van der Waals surface area contributed by atoms with Gasteiger partial charge in [0, 0.05) is 0 Å². The molecule has 0 fully saturated rings. The van der Waals surface area contributed by atoms with Crippen LogP contribution >= 0.6 is 0 Å². The van der Waals surface area contributed by atoms with Crippen molar-refractivity contribution in [1.29, 1.82) is 0 Å². The molecule has 250 valence electrons. The van der Waals surface area contributed by atoms with Crippen LogP contribution in [0, 0.1) is 17.3 Å². The molecule has 0 aliphatic heterocycles. The van der Waals surface area contributed by atoms with E-state index in [0.717, 1.165) is 19.3 Å². The van der Waals surface area contributed by atoms with E-state index in [4.69, 9.17) is 0 Å². The molecule has 0 saturated carbocycles. The number of fused-ring (bicyclic) bond motifs is 1. The Balaban J connectivity index is 1.06. The van der Waals surface area contributed by atoms with Gasteiger partial charge in [-0.3, -0.25) is 0 Å². The zero-order valence-corrected chi connectivity index (χ0v) is 30.8. The molecule has 0 bridgehead atoms. The Bertz CT molecular complexity index is 2560. The van der Waals surface area contributed by atoms with Crippen LogP contribution in [-0.2, 0) is 11.8 Å². The summed E-state index contributed by atoms with van der Waals surface area (Å²) in [7, 11) is 0. The van der Waals surface area contributed by atoms with E-state index in [2.05, 4.69) is 133 Å². The second-order valence-electron chi connectivity index (χ2n) is 18.4. The highest BCUT2D eigenvalue weighted by Gasteiger charge is 2.33. The molecular formula is C50H50. The van der Waals surface area contributed by atoms with E-state index in [9.17, 15) is 0 Å². The van der Waals surface area contributed by atoms with Crippen LogP contribution in [0.25, 0.3) is 55.6 Å². The molecule has 0 nitrogen and oxygen atoms in total. The predicted octanol–water partition coefficient (Wildman–Crippen LogP) is 11.1. The quantitative estimate of drug-likeness (QED) is 0.178. The lowest BCUT2D eigenvalue weighted by Gasteiger charge is -2.37. The number of benzene rings is 5. The van der Waals surface area contributed by atoms with Crippen LogP contribution in [0.1, 0.15) is 108 Å². The van der Waals surface area contributed by atoms with Crippen LogP contribution in [0.4, 0.5) is 0 Å². The van der Waals surface area contributed by atoms with E-state index in [0.29, 0.717) is 23.2 Å². The summed E-state index contributed by atoms with van der Waals surface area (Å²) in [5.41, 5.74) is 12.8. The molecule has 0 radical (unpaired) electrons. The minimum Gasteiger partial charge on any atom is -0.0754 e. The standard InChI is InChI=1S/C50H50/c1-49(2,3)39-25-35-13-7-29-15-19-41(43-21-17-37(27-39)45(35)47(29)43)33-11-9-32-24-34(12-10-31(32)23-33)42-20-16-30-8-14-36-26-40(50(4,5)6)28-38-18-22-44(42)48(30)46(36)38/h7-9,11,13-15,18-19,21-22,24-26,28,31,37,39H,10,12,16-17,20,23,27H2,1-6H3. The fourth-order valence-corrected chi connectivity index (χ4v) is 10.5. The van der Waals surface area contributed by atoms with E-state index >= 15 is 0 Å². The molecule has 5 aromatic carbocycles. The van der Waals surface area contributed by atoms with Gasteiger partial charge in [0.05, 0.1) is 0 Å². The van der Waals surface area contributed by atoms with Crippen molar-refractivity contribution >= 4 is 55.6 Å². The molecule has 0 heteroatoms. The fraction of sp³-hybridized carbons (Fsp3) is 0.360. The zero-order valence-electron chi connectivity index (χ0n) is 30.8. The zero-order chi connectivity index (χ0) is 34.1. The summed E-state index contributed by atoms with van der Waals surface area (Å²) in [4.78, 5) is 0. The minimum atomic E-state index is 0.141. The summed E-state index contributed by atoms with van der Waals surface area (Å²) >= 11 is 0. The largest absolute Gasteiger partial charge is 0.0754 e. The van der Waals surface area contributed by atoms with Crippen molar-refractivity contribution < 1.29 is 0 Å². The first-order valence-electron chi connectivity index (χ1n) is 19.4. The summed E-state index contributed by atoms with van der Waals surface area (Å²) in [6.07, 6.45) is 21.1. The Morgan fingerprint density at radius 2 is 1.46 bits per heavy atom. The van der Waals surface area contributed by atoms with Crippen molar-refractivity contribution in [1.82, 2.24) is 0 Å². The first-order chi connectivity index (χ1) is 24.0. The Morgan fingerprint density at radius 3 is 2.26 bits per heavy atom.